The molecule has 0 saturated heterocycles. The molecule has 0 saturated carbocycles. The fraction of sp³-hybridized carbons (Fsp3) is 0.400. The van der Waals surface area contributed by atoms with Crippen LogP contribution in [0.25, 0.3) is 0 Å². The molecule has 0 spiro atoms. The molecule has 0 aromatic heterocycles. The normalized spacial score (nSPS) is 16.4. The van der Waals surface area contributed by atoms with Gasteiger partial charge in [0.25, 0.3) is 0 Å². The zero-order valence-electron chi connectivity index (χ0n) is 6.14. The number of rotatable bonds is 0. The first-order valence-corrected chi connectivity index (χ1v) is 4.03. The summed E-state index contributed by atoms with van der Waals surface area (Å²) in [6, 6.07) is 8.80. The number of benzene rings is 1. The van der Waals surface area contributed by atoms with Gasteiger partial charge in [0, 0.05) is 1.43 Å². The lowest BCUT2D eigenvalue weighted by Gasteiger charge is -2.13. The summed E-state index contributed by atoms with van der Waals surface area (Å²) >= 11 is 0. The van der Waals surface area contributed by atoms with Gasteiger partial charge in [0.05, 0.1) is 0 Å². The van der Waals surface area contributed by atoms with Crippen LogP contribution in [-0.4, -0.2) is 0 Å². The first kappa shape index (κ1) is 5.96. The van der Waals surface area contributed by atoms with E-state index in [1.807, 2.05) is 0 Å². The molecule has 0 heteroatoms. The van der Waals surface area contributed by atoms with E-state index < -0.39 is 0 Å². The largest absolute Gasteiger partial charge is 0.0620 e. The fourth-order valence-electron chi connectivity index (χ4n) is 1.68. The van der Waals surface area contributed by atoms with Crippen LogP contribution in [0.2, 0.25) is 0 Å². The van der Waals surface area contributed by atoms with E-state index in [1.165, 1.54) is 25.7 Å². The molecular formula is C10H14. The summed E-state index contributed by atoms with van der Waals surface area (Å²) in [5.74, 6) is 0. The Bertz CT molecular complexity index is 205. The molecule has 1 aliphatic carbocycles. The summed E-state index contributed by atoms with van der Waals surface area (Å²) < 4.78 is 0. The van der Waals surface area contributed by atoms with E-state index in [4.69, 9.17) is 0 Å². The molecule has 0 heterocycles. The molecule has 0 amide bonds. The second-order valence-electron chi connectivity index (χ2n) is 2.98. The molecular weight excluding hydrogens is 120 g/mol. The van der Waals surface area contributed by atoms with Crippen LogP contribution in [0.1, 0.15) is 25.4 Å². The van der Waals surface area contributed by atoms with E-state index in [-0.39, 0.29) is 1.43 Å². The molecule has 0 unspecified atom stereocenters. The lowest BCUT2D eigenvalue weighted by molar-refractivity contribution is 0.685. The standard InChI is InChI=1S/C10H12.H2/c1-2-6-10-8-4-3-7-9(10)5-1;/h1-2,5-6H,3-4,7-8H2;1H. The van der Waals surface area contributed by atoms with E-state index in [0.717, 1.165) is 0 Å². The average molecular weight is 134 g/mol. The van der Waals surface area contributed by atoms with Crippen molar-refractivity contribution in [2.45, 2.75) is 25.7 Å². The van der Waals surface area contributed by atoms with Gasteiger partial charge in [0.1, 0.15) is 0 Å². The predicted molar refractivity (Wildman–Crippen MR) is 45.2 cm³/mol. The molecule has 1 aromatic rings. The van der Waals surface area contributed by atoms with Crippen molar-refractivity contribution >= 4 is 0 Å². The highest BCUT2D eigenvalue weighted by molar-refractivity contribution is 5.28. The second-order valence-corrected chi connectivity index (χ2v) is 2.98. The minimum atomic E-state index is 0. The minimum Gasteiger partial charge on any atom is -0.0620 e. The molecule has 0 bridgehead atoms. The van der Waals surface area contributed by atoms with Gasteiger partial charge in [0.15, 0.2) is 0 Å². The van der Waals surface area contributed by atoms with Crippen LogP contribution in [0.4, 0.5) is 0 Å². The molecule has 0 fully saturated rings. The summed E-state index contributed by atoms with van der Waals surface area (Å²) in [6.07, 6.45) is 5.38. The van der Waals surface area contributed by atoms with Gasteiger partial charge in [-0.3, -0.25) is 0 Å². The zero-order chi connectivity index (χ0) is 6.81. The van der Waals surface area contributed by atoms with E-state index in [0.29, 0.717) is 0 Å². The number of aryl methyl sites for hydroxylation is 2. The maximum Gasteiger partial charge on any atom is 0 e. The summed E-state index contributed by atoms with van der Waals surface area (Å²) in [7, 11) is 0. The maximum absolute atomic E-state index is 2.26. The average Bonchev–Trinajstić information content (AvgIpc) is 2.05. The Morgan fingerprint density at radius 3 is 1.90 bits per heavy atom. The van der Waals surface area contributed by atoms with Crippen LogP contribution < -0.4 is 0 Å². The fourth-order valence-corrected chi connectivity index (χ4v) is 1.68. The Morgan fingerprint density at radius 2 is 1.40 bits per heavy atom. The van der Waals surface area contributed by atoms with Crippen molar-refractivity contribution in [2.24, 2.45) is 0 Å². The summed E-state index contributed by atoms with van der Waals surface area (Å²) in [5, 5.41) is 0. The van der Waals surface area contributed by atoms with Crippen LogP contribution in [0.15, 0.2) is 24.3 Å². The van der Waals surface area contributed by atoms with Crippen molar-refractivity contribution in [3.63, 3.8) is 0 Å². The van der Waals surface area contributed by atoms with Gasteiger partial charge in [-0.2, -0.15) is 0 Å². The van der Waals surface area contributed by atoms with Gasteiger partial charge in [-0.05, 0) is 36.8 Å². The Hall–Kier alpha value is -0.780. The van der Waals surface area contributed by atoms with Crippen LogP contribution in [-0.2, 0) is 12.8 Å². The van der Waals surface area contributed by atoms with Gasteiger partial charge in [0.2, 0.25) is 0 Å². The Balaban J connectivity index is 0.000000605. The van der Waals surface area contributed by atoms with Gasteiger partial charge in [-0.15, -0.1) is 0 Å². The Labute approximate surface area is 63.4 Å². The third-order valence-corrected chi connectivity index (χ3v) is 2.26. The minimum absolute atomic E-state index is 0. The summed E-state index contributed by atoms with van der Waals surface area (Å²) in [5.41, 5.74) is 3.16. The lowest BCUT2D eigenvalue weighted by Crippen LogP contribution is -2.00. The van der Waals surface area contributed by atoms with E-state index >= 15 is 0 Å². The van der Waals surface area contributed by atoms with Gasteiger partial charge >= 0.3 is 0 Å². The summed E-state index contributed by atoms with van der Waals surface area (Å²) in [6.45, 7) is 0. The first-order chi connectivity index (χ1) is 4.97. The van der Waals surface area contributed by atoms with Gasteiger partial charge < -0.3 is 0 Å². The third-order valence-electron chi connectivity index (χ3n) is 2.26. The number of hydrogen-bond donors (Lipinski definition) is 0. The molecule has 0 N–H and O–H groups in total. The maximum atomic E-state index is 2.26. The van der Waals surface area contributed by atoms with Gasteiger partial charge in [-0.25, -0.2) is 0 Å². The predicted octanol–water partition coefficient (Wildman–Crippen LogP) is 2.81. The zero-order valence-corrected chi connectivity index (χ0v) is 6.14. The van der Waals surface area contributed by atoms with Crippen molar-refractivity contribution in [1.29, 1.82) is 0 Å². The highest BCUT2D eigenvalue weighted by Gasteiger charge is 2.05. The molecule has 0 nitrogen and oxygen atoms in total. The molecule has 10 heavy (non-hydrogen) atoms. The van der Waals surface area contributed by atoms with Crippen molar-refractivity contribution in [2.75, 3.05) is 0 Å². The van der Waals surface area contributed by atoms with Crippen molar-refractivity contribution in [1.82, 2.24) is 0 Å². The smallest absolute Gasteiger partial charge is 0 e. The van der Waals surface area contributed by atoms with Crippen molar-refractivity contribution < 1.29 is 1.43 Å². The molecule has 0 aliphatic heterocycles. The number of fused-ring (bicyclic) bond motifs is 1. The Morgan fingerprint density at radius 1 is 0.900 bits per heavy atom. The Kier molecular flexibility index (Phi) is 1.46. The van der Waals surface area contributed by atoms with Crippen LogP contribution >= 0.6 is 0 Å². The SMILES string of the molecule is [HH].c1ccc2c(c1)CCCC2. The summed E-state index contributed by atoms with van der Waals surface area (Å²) in [4.78, 5) is 0. The van der Waals surface area contributed by atoms with Crippen LogP contribution in [0.3, 0.4) is 0 Å². The molecule has 0 atom stereocenters. The molecule has 54 valence electrons. The van der Waals surface area contributed by atoms with Crippen molar-refractivity contribution in [3.8, 4) is 0 Å². The van der Waals surface area contributed by atoms with E-state index in [9.17, 15) is 0 Å². The third kappa shape index (κ3) is 0.942. The van der Waals surface area contributed by atoms with E-state index in [2.05, 4.69) is 24.3 Å². The van der Waals surface area contributed by atoms with Crippen LogP contribution in [0, 0.1) is 0 Å². The topological polar surface area (TPSA) is 0 Å². The highest BCUT2D eigenvalue weighted by atomic mass is 14.1. The number of hydrogen-bond acceptors (Lipinski definition) is 0. The first-order valence-electron chi connectivity index (χ1n) is 4.03. The highest BCUT2D eigenvalue weighted by Crippen LogP contribution is 2.19. The second kappa shape index (κ2) is 2.45. The molecule has 1 aromatic carbocycles. The van der Waals surface area contributed by atoms with E-state index in [1.54, 1.807) is 11.1 Å². The molecule has 1 aliphatic rings. The molecule has 0 radical (unpaired) electrons. The van der Waals surface area contributed by atoms with Crippen molar-refractivity contribution in [3.05, 3.63) is 35.4 Å². The molecule has 2 rings (SSSR count). The van der Waals surface area contributed by atoms with Crippen LogP contribution in [0.5, 0.6) is 0 Å². The van der Waals surface area contributed by atoms with Gasteiger partial charge in [-0.1, -0.05) is 24.3 Å². The monoisotopic (exact) mass is 134 g/mol. The quantitative estimate of drug-likeness (QED) is 0.512. The lowest BCUT2D eigenvalue weighted by atomic mass is 9.92.